The first-order valence-corrected chi connectivity index (χ1v) is 4.85. The lowest BCUT2D eigenvalue weighted by molar-refractivity contribution is -0.138. The molecular formula is C12H7F3O3. The van der Waals surface area contributed by atoms with Crippen molar-refractivity contribution in [3.05, 3.63) is 41.9 Å². The van der Waals surface area contributed by atoms with Gasteiger partial charge in [-0.25, -0.2) is 0 Å². The highest BCUT2D eigenvalue weighted by Crippen LogP contribution is 2.40. The summed E-state index contributed by atoms with van der Waals surface area (Å²) in [6, 6.07) is 3.40. The Labute approximate surface area is 99.5 Å². The van der Waals surface area contributed by atoms with Crippen LogP contribution in [0.1, 0.15) is 15.9 Å². The van der Waals surface area contributed by atoms with Gasteiger partial charge in [0.1, 0.15) is 5.75 Å². The number of hydrogen-bond donors (Lipinski definition) is 1. The molecule has 0 aliphatic rings. The fraction of sp³-hybridized carbons (Fsp3) is 0.0833. The number of phenolic OH excluding ortho intramolecular Hbond substituents is 1. The van der Waals surface area contributed by atoms with Gasteiger partial charge in [0.05, 0.1) is 23.7 Å². The monoisotopic (exact) mass is 256 g/mol. The second kappa shape index (κ2) is 4.21. The lowest BCUT2D eigenvalue weighted by atomic mass is 10.0. The topological polar surface area (TPSA) is 50.4 Å². The molecule has 0 unspecified atom stereocenters. The summed E-state index contributed by atoms with van der Waals surface area (Å²) >= 11 is 0. The van der Waals surface area contributed by atoms with Crippen molar-refractivity contribution in [2.45, 2.75) is 6.18 Å². The molecule has 1 heterocycles. The number of carbonyl (C=O) groups is 1. The Morgan fingerprint density at radius 3 is 2.44 bits per heavy atom. The molecule has 0 atom stereocenters. The van der Waals surface area contributed by atoms with Crippen LogP contribution in [0.3, 0.4) is 0 Å². The molecule has 0 spiro atoms. The van der Waals surface area contributed by atoms with Gasteiger partial charge in [0, 0.05) is 5.56 Å². The average molecular weight is 256 g/mol. The molecule has 0 aliphatic carbocycles. The van der Waals surface area contributed by atoms with Crippen LogP contribution in [0.5, 0.6) is 5.75 Å². The summed E-state index contributed by atoms with van der Waals surface area (Å²) in [5, 5.41) is 9.37. The number of benzene rings is 1. The Balaban J connectivity index is 2.68. The molecule has 0 radical (unpaired) electrons. The first-order valence-electron chi connectivity index (χ1n) is 4.85. The van der Waals surface area contributed by atoms with E-state index in [-0.39, 0.29) is 11.8 Å². The van der Waals surface area contributed by atoms with E-state index in [1.54, 1.807) is 0 Å². The molecule has 6 heteroatoms. The molecule has 1 N–H and O–H groups in total. The predicted molar refractivity (Wildman–Crippen MR) is 56.2 cm³/mol. The minimum Gasteiger partial charge on any atom is -0.507 e. The number of phenols is 1. The molecule has 1 aromatic heterocycles. The molecule has 18 heavy (non-hydrogen) atoms. The van der Waals surface area contributed by atoms with Crippen molar-refractivity contribution in [1.82, 2.24) is 0 Å². The summed E-state index contributed by atoms with van der Waals surface area (Å²) in [7, 11) is 0. The van der Waals surface area contributed by atoms with Crippen molar-refractivity contribution in [3.8, 4) is 16.9 Å². The second-order valence-electron chi connectivity index (χ2n) is 3.59. The number of carbonyl (C=O) groups excluding carboxylic acids is 1. The number of hydrogen-bond acceptors (Lipinski definition) is 3. The minimum absolute atomic E-state index is 0.149. The van der Waals surface area contributed by atoms with Gasteiger partial charge in [0.25, 0.3) is 0 Å². The van der Waals surface area contributed by atoms with E-state index in [0.717, 1.165) is 6.07 Å². The lowest BCUT2D eigenvalue weighted by Crippen LogP contribution is -2.07. The number of furan rings is 1. The molecule has 0 fully saturated rings. The van der Waals surface area contributed by atoms with Crippen LogP contribution in [-0.4, -0.2) is 11.4 Å². The van der Waals surface area contributed by atoms with Gasteiger partial charge in [-0.05, 0) is 23.8 Å². The summed E-state index contributed by atoms with van der Waals surface area (Å²) in [5.74, 6) is -1.07. The Kier molecular flexibility index (Phi) is 2.86. The Morgan fingerprint density at radius 1 is 1.22 bits per heavy atom. The summed E-state index contributed by atoms with van der Waals surface area (Å²) in [6.07, 6.45) is -2.01. The van der Waals surface area contributed by atoms with Crippen molar-refractivity contribution in [1.29, 1.82) is 0 Å². The SMILES string of the molecule is O=Cc1cc(-c2ccoc2)cc(C(F)(F)F)c1O. The summed E-state index contributed by atoms with van der Waals surface area (Å²) in [5.41, 5.74) is -1.12. The smallest absolute Gasteiger partial charge is 0.420 e. The highest BCUT2D eigenvalue weighted by atomic mass is 19.4. The molecule has 2 rings (SSSR count). The molecule has 0 bridgehead atoms. The van der Waals surface area contributed by atoms with Gasteiger partial charge in [-0.1, -0.05) is 0 Å². The van der Waals surface area contributed by atoms with Gasteiger partial charge >= 0.3 is 6.18 Å². The molecule has 0 amide bonds. The molecule has 0 saturated carbocycles. The maximum Gasteiger partial charge on any atom is 0.420 e. The van der Waals surface area contributed by atoms with E-state index < -0.39 is 23.1 Å². The number of alkyl halides is 3. The standard InChI is InChI=1S/C12H7F3O3/c13-12(14,15)10-4-8(7-1-2-18-6-7)3-9(5-16)11(10)17/h1-6,17H. The van der Waals surface area contributed by atoms with Gasteiger partial charge < -0.3 is 9.52 Å². The summed E-state index contributed by atoms with van der Waals surface area (Å²) in [6.45, 7) is 0. The Bertz CT molecular complexity index is 571. The first-order chi connectivity index (χ1) is 8.43. The van der Waals surface area contributed by atoms with Crippen molar-refractivity contribution in [3.63, 3.8) is 0 Å². The van der Waals surface area contributed by atoms with Crippen molar-refractivity contribution in [2.75, 3.05) is 0 Å². The molecule has 0 saturated heterocycles. The van der Waals surface area contributed by atoms with Crippen LogP contribution in [0.25, 0.3) is 11.1 Å². The fourth-order valence-corrected chi connectivity index (χ4v) is 1.56. The van der Waals surface area contributed by atoms with E-state index in [1.165, 1.54) is 24.7 Å². The molecule has 3 nitrogen and oxygen atoms in total. The van der Waals surface area contributed by atoms with E-state index in [0.29, 0.717) is 5.56 Å². The van der Waals surface area contributed by atoms with Gasteiger partial charge in [0.2, 0.25) is 0 Å². The zero-order valence-corrected chi connectivity index (χ0v) is 8.86. The maximum absolute atomic E-state index is 12.7. The molecule has 1 aromatic carbocycles. The largest absolute Gasteiger partial charge is 0.507 e. The van der Waals surface area contributed by atoms with Crippen LogP contribution in [0.2, 0.25) is 0 Å². The van der Waals surface area contributed by atoms with Gasteiger partial charge in [-0.2, -0.15) is 13.2 Å². The third kappa shape index (κ3) is 2.09. The fourth-order valence-electron chi connectivity index (χ4n) is 1.56. The van der Waals surface area contributed by atoms with Crippen molar-refractivity contribution in [2.24, 2.45) is 0 Å². The third-order valence-corrected chi connectivity index (χ3v) is 2.43. The Morgan fingerprint density at radius 2 is 1.94 bits per heavy atom. The number of halogens is 3. The molecule has 2 aromatic rings. The predicted octanol–water partition coefficient (Wildman–Crippen LogP) is 3.48. The van der Waals surface area contributed by atoms with E-state index in [2.05, 4.69) is 0 Å². The number of aldehydes is 1. The molecular weight excluding hydrogens is 249 g/mol. The van der Waals surface area contributed by atoms with E-state index >= 15 is 0 Å². The van der Waals surface area contributed by atoms with Crippen LogP contribution in [0.15, 0.2) is 35.1 Å². The maximum atomic E-state index is 12.7. The van der Waals surface area contributed by atoms with Gasteiger partial charge in [-0.3, -0.25) is 4.79 Å². The minimum atomic E-state index is -4.73. The van der Waals surface area contributed by atoms with Gasteiger partial charge in [-0.15, -0.1) is 0 Å². The van der Waals surface area contributed by atoms with E-state index in [9.17, 15) is 23.1 Å². The second-order valence-corrected chi connectivity index (χ2v) is 3.59. The first kappa shape index (κ1) is 12.2. The van der Waals surface area contributed by atoms with E-state index in [4.69, 9.17) is 4.42 Å². The van der Waals surface area contributed by atoms with Crippen LogP contribution in [0.4, 0.5) is 13.2 Å². The van der Waals surface area contributed by atoms with Crippen molar-refractivity contribution >= 4 is 6.29 Å². The molecule has 94 valence electrons. The van der Waals surface area contributed by atoms with Crippen LogP contribution in [0, 0.1) is 0 Å². The van der Waals surface area contributed by atoms with Gasteiger partial charge in [0.15, 0.2) is 6.29 Å². The summed E-state index contributed by atoms with van der Waals surface area (Å²) in [4.78, 5) is 10.7. The zero-order valence-electron chi connectivity index (χ0n) is 8.86. The third-order valence-electron chi connectivity index (χ3n) is 2.43. The lowest BCUT2D eigenvalue weighted by Gasteiger charge is -2.12. The van der Waals surface area contributed by atoms with Crippen molar-refractivity contribution < 1.29 is 27.5 Å². The number of rotatable bonds is 2. The number of aromatic hydroxyl groups is 1. The van der Waals surface area contributed by atoms with Crippen LogP contribution >= 0.6 is 0 Å². The molecule has 0 aliphatic heterocycles. The highest BCUT2D eigenvalue weighted by Gasteiger charge is 2.35. The zero-order chi connectivity index (χ0) is 13.3. The van der Waals surface area contributed by atoms with Crippen LogP contribution in [-0.2, 0) is 6.18 Å². The quantitative estimate of drug-likeness (QED) is 0.837. The summed E-state index contributed by atoms with van der Waals surface area (Å²) < 4.78 is 42.8. The average Bonchev–Trinajstić information content (AvgIpc) is 2.81. The highest BCUT2D eigenvalue weighted by molar-refractivity contribution is 5.84. The van der Waals surface area contributed by atoms with E-state index in [1.807, 2.05) is 0 Å². The normalized spacial score (nSPS) is 11.5. The Hall–Kier alpha value is -2.24. The van der Waals surface area contributed by atoms with Crippen LogP contribution < -0.4 is 0 Å².